The zero-order valence-electron chi connectivity index (χ0n) is 12.7. The lowest BCUT2D eigenvalue weighted by Crippen LogP contribution is -2.07. The highest BCUT2D eigenvalue weighted by Crippen LogP contribution is 2.29. The zero-order valence-corrected chi connectivity index (χ0v) is 13.5. The van der Waals surface area contributed by atoms with Crippen LogP contribution < -0.4 is 0 Å². The third-order valence-corrected chi connectivity index (χ3v) is 4.07. The van der Waals surface area contributed by atoms with Crippen LogP contribution in [0.5, 0.6) is 0 Å². The molecule has 0 N–H and O–H groups in total. The van der Waals surface area contributed by atoms with Crippen LogP contribution in [0.2, 0.25) is 0 Å². The summed E-state index contributed by atoms with van der Waals surface area (Å²) < 4.78 is 52.9. The van der Waals surface area contributed by atoms with Gasteiger partial charge < -0.3 is 0 Å². The first-order chi connectivity index (χ1) is 10.8. The third-order valence-electron chi connectivity index (χ3n) is 3.48. The molecule has 0 aromatic heterocycles. The lowest BCUT2D eigenvalue weighted by Gasteiger charge is -2.18. The summed E-state index contributed by atoms with van der Waals surface area (Å²) in [5.41, 5.74) is 1.77. The van der Waals surface area contributed by atoms with Crippen molar-refractivity contribution in [3.63, 3.8) is 0 Å². The molecule has 0 aliphatic heterocycles. The Bertz CT molecular complexity index is 680. The molecule has 0 radical (unpaired) electrons. The van der Waals surface area contributed by atoms with E-state index in [2.05, 4.69) is 0 Å². The number of halogens is 2. The molecule has 0 unspecified atom stereocenters. The summed E-state index contributed by atoms with van der Waals surface area (Å²) in [7, 11) is -3.46. The van der Waals surface area contributed by atoms with Crippen molar-refractivity contribution in [2.24, 2.45) is 0 Å². The first-order valence-electron chi connectivity index (χ1n) is 7.20. The van der Waals surface area contributed by atoms with Crippen molar-refractivity contribution in [1.82, 2.24) is 0 Å². The van der Waals surface area contributed by atoms with Gasteiger partial charge in [-0.3, -0.25) is 4.18 Å². The van der Waals surface area contributed by atoms with Crippen molar-refractivity contribution in [3.8, 4) is 0 Å². The van der Waals surface area contributed by atoms with E-state index in [4.69, 9.17) is 4.18 Å². The summed E-state index contributed by atoms with van der Waals surface area (Å²) in [6.45, 7) is 0.0811. The largest absolute Gasteiger partial charge is 0.270 e. The van der Waals surface area contributed by atoms with E-state index in [1.54, 1.807) is 24.3 Å². The van der Waals surface area contributed by atoms with Crippen LogP contribution >= 0.6 is 0 Å². The van der Waals surface area contributed by atoms with E-state index < -0.39 is 10.1 Å². The number of rotatable bonds is 7. The number of hydrogen-bond acceptors (Lipinski definition) is 3. The molecule has 23 heavy (non-hydrogen) atoms. The average Bonchev–Trinajstić information content (AvgIpc) is 2.49. The highest BCUT2D eigenvalue weighted by Gasteiger charge is 2.15. The molecule has 0 aliphatic carbocycles. The Morgan fingerprint density at radius 3 is 1.74 bits per heavy atom. The lowest BCUT2D eigenvalue weighted by atomic mass is 9.87. The molecule has 6 heteroatoms. The maximum absolute atomic E-state index is 13.1. The van der Waals surface area contributed by atoms with Gasteiger partial charge in [0.1, 0.15) is 11.6 Å². The molecular formula is C17H18F2O3S. The van der Waals surface area contributed by atoms with Crippen LogP contribution in [0.3, 0.4) is 0 Å². The van der Waals surface area contributed by atoms with Crippen LogP contribution in [-0.2, 0) is 14.3 Å². The topological polar surface area (TPSA) is 43.4 Å². The molecule has 124 valence electrons. The van der Waals surface area contributed by atoms with Gasteiger partial charge >= 0.3 is 0 Å². The Kier molecular flexibility index (Phi) is 5.85. The molecule has 0 atom stereocenters. The van der Waals surface area contributed by atoms with Gasteiger partial charge in [0.25, 0.3) is 10.1 Å². The van der Waals surface area contributed by atoms with Crippen molar-refractivity contribution in [3.05, 3.63) is 71.3 Å². The molecule has 0 saturated heterocycles. The summed E-state index contributed by atoms with van der Waals surface area (Å²) in [5.74, 6) is -0.738. The van der Waals surface area contributed by atoms with Gasteiger partial charge in [-0.25, -0.2) is 8.78 Å². The maximum Gasteiger partial charge on any atom is 0.264 e. The molecule has 2 aromatic rings. The highest BCUT2D eigenvalue weighted by molar-refractivity contribution is 7.85. The Hall–Kier alpha value is -1.79. The lowest BCUT2D eigenvalue weighted by molar-refractivity contribution is 0.309. The van der Waals surface area contributed by atoms with Crippen LogP contribution in [0, 0.1) is 11.6 Å². The Morgan fingerprint density at radius 1 is 0.913 bits per heavy atom. The minimum Gasteiger partial charge on any atom is -0.270 e. The van der Waals surface area contributed by atoms with Crippen LogP contribution in [0.25, 0.3) is 0 Å². The van der Waals surface area contributed by atoms with E-state index in [0.717, 1.165) is 17.4 Å². The van der Waals surface area contributed by atoms with Crippen molar-refractivity contribution in [1.29, 1.82) is 0 Å². The van der Waals surface area contributed by atoms with Crippen molar-refractivity contribution >= 4 is 10.1 Å². The standard InChI is InChI=1S/C17H18F2O3S/c1-23(20,21)22-12-2-3-17(13-4-8-15(18)9-5-13)14-6-10-16(19)11-7-14/h4-11,17H,2-3,12H2,1H3. The molecule has 0 saturated carbocycles. The van der Waals surface area contributed by atoms with Gasteiger partial charge in [0.05, 0.1) is 12.9 Å². The third kappa shape index (κ3) is 5.73. The molecule has 2 aromatic carbocycles. The van der Waals surface area contributed by atoms with Crippen molar-refractivity contribution in [2.75, 3.05) is 12.9 Å². The second-order valence-electron chi connectivity index (χ2n) is 5.32. The molecule has 0 amide bonds. The van der Waals surface area contributed by atoms with Gasteiger partial charge in [-0.1, -0.05) is 24.3 Å². The fraction of sp³-hybridized carbons (Fsp3) is 0.294. The minimum absolute atomic E-state index is 0.0811. The number of hydrogen-bond donors (Lipinski definition) is 0. The molecule has 0 aliphatic rings. The molecule has 0 spiro atoms. The van der Waals surface area contributed by atoms with E-state index in [1.807, 2.05) is 0 Å². The molecule has 0 bridgehead atoms. The van der Waals surface area contributed by atoms with Crippen molar-refractivity contribution < 1.29 is 21.4 Å². The van der Waals surface area contributed by atoms with Gasteiger partial charge in [0, 0.05) is 5.92 Å². The molecule has 0 heterocycles. The molecule has 3 nitrogen and oxygen atoms in total. The van der Waals surface area contributed by atoms with E-state index in [1.165, 1.54) is 24.3 Å². The van der Waals surface area contributed by atoms with Crippen LogP contribution in [-0.4, -0.2) is 21.3 Å². The van der Waals surface area contributed by atoms with E-state index in [0.29, 0.717) is 12.8 Å². The van der Waals surface area contributed by atoms with Crippen LogP contribution in [0.15, 0.2) is 48.5 Å². The van der Waals surface area contributed by atoms with Crippen LogP contribution in [0.4, 0.5) is 8.78 Å². The minimum atomic E-state index is -3.46. The predicted molar refractivity (Wildman–Crippen MR) is 84.7 cm³/mol. The zero-order chi connectivity index (χ0) is 16.9. The second-order valence-corrected chi connectivity index (χ2v) is 6.97. The van der Waals surface area contributed by atoms with Gasteiger partial charge in [0.2, 0.25) is 0 Å². The van der Waals surface area contributed by atoms with Gasteiger partial charge in [-0.2, -0.15) is 8.42 Å². The summed E-state index contributed by atoms with van der Waals surface area (Å²) >= 11 is 0. The van der Waals surface area contributed by atoms with Gasteiger partial charge in [-0.15, -0.1) is 0 Å². The van der Waals surface area contributed by atoms with E-state index >= 15 is 0 Å². The first kappa shape index (κ1) is 17.6. The van der Waals surface area contributed by atoms with E-state index in [9.17, 15) is 17.2 Å². The predicted octanol–water partition coefficient (Wildman–Crippen LogP) is 3.85. The first-order valence-corrected chi connectivity index (χ1v) is 9.02. The van der Waals surface area contributed by atoms with Gasteiger partial charge in [0.15, 0.2) is 0 Å². The van der Waals surface area contributed by atoms with Gasteiger partial charge in [-0.05, 0) is 48.2 Å². The smallest absolute Gasteiger partial charge is 0.264 e. The van der Waals surface area contributed by atoms with Crippen molar-refractivity contribution in [2.45, 2.75) is 18.8 Å². The molecule has 0 fully saturated rings. The summed E-state index contributed by atoms with van der Waals surface area (Å²) in [5, 5.41) is 0. The highest BCUT2D eigenvalue weighted by atomic mass is 32.2. The maximum atomic E-state index is 13.1. The Balaban J connectivity index is 2.14. The van der Waals surface area contributed by atoms with Crippen LogP contribution in [0.1, 0.15) is 29.9 Å². The second kappa shape index (κ2) is 7.66. The normalized spacial score (nSPS) is 11.8. The number of benzene rings is 2. The molecule has 2 rings (SSSR count). The Morgan fingerprint density at radius 2 is 1.35 bits per heavy atom. The Labute approximate surface area is 135 Å². The summed E-state index contributed by atoms with van der Waals surface area (Å²) in [6.07, 6.45) is 2.11. The quantitative estimate of drug-likeness (QED) is 0.568. The fourth-order valence-corrected chi connectivity index (χ4v) is 2.83. The monoisotopic (exact) mass is 340 g/mol. The van der Waals surface area contributed by atoms with E-state index in [-0.39, 0.29) is 24.2 Å². The molecular weight excluding hydrogens is 322 g/mol. The summed E-state index contributed by atoms with van der Waals surface area (Å²) in [4.78, 5) is 0. The SMILES string of the molecule is CS(=O)(=O)OCCCC(c1ccc(F)cc1)c1ccc(F)cc1. The fourth-order valence-electron chi connectivity index (χ4n) is 2.41. The average molecular weight is 340 g/mol. The summed E-state index contributed by atoms with van der Waals surface area (Å²) in [6, 6.07) is 12.2.